The molecule has 0 saturated carbocycles. The quantitative estimate of drug-likeness (QED) is 0.417. The van der Waals surface area contributed by atoms with Crippen molar-refractivity contribution in [1.29, 1.82) is 0 Å². The lowest BCUT2D eigenvalue weighted by Gasteiger charge is -2.36. The lowest BCUT2D eigenvalue weighted by atomic mass is 10.1. The number of carbonyl (C=O) groups is 1. The van der Waals surface area contributed by atoms with E-state index >= 15 is 0 Å². The largest absolute Gasteiger partial charge is 0.454 e. The van der Waals surface area contributed by atoms with Crippen LogP contribution in [0.25, 0.3) is 10.9 Å². The summed E-state index contributed by atoms with van der Waals surface area (Å²) < 4.78 is 10.9. The minimum atomic E-state index is 0.0347. The zero-order chi connectivity index (χ0) is 23.8. The molecule has 4 aromatic rings. The molecule has 6 rings (SSSR count). The van der Waals surface area contributed by atoms with Crippen molar-refractivity contribution in [3.8, 4) is 11.5 Å². The van der Waals surface area contributed by atoms with E-state index in [1.165, 1.54) is 5.69 Å². The number of amides is 1. The topological polar surface area (TPSA) is 79.8 Å². The highest BCUT2D eigenvalue weighted by Gasteiger charge is 2.22. The van der Waals surface area contributed by atoms with Crippen molar-refractivity contribution in [2.45, 2.75) is 0 Å². The SMILES string of the molecule is O=C(c1ccc(Nc2nc(Cl)nc3cc4c(cc23)OCO4)cc1)N1CCN(c2ccccc2)CC1. The van der Waals surface area contributed by atoms with Gasteiger partial charge in [-0.3, -0.25) is 4.79 Å². The van der Waals surface area contributed by atoms with E-state index in [0.29, 0.717) is 41.5 Å². The third-order valence-corrected chi connectivity index (χ3v) is 6.41. The number of benzene rings is 3. The van der Waals surface area contributed by atoms with Crippen molar-refractivity contribution in [1.82, 2.24) is 14.9 Å². The Morgan fingerprint density at radius 1 is 0.886 bits per heavy atom. The van der Waals surface area contributed by atoms with Gasteiger partial charge < -0.3 is 24.6 Å². The first-order chi connectivity index (χ1) is 17.1. The molecule has 0 aliphatic carbocycles. The van der Waals surface area contributed by atoms with Gasteiger partial charge in [0, 0.05) is 54.6 Å². The third kappa shape index (κ3) is 4.28. The van der Waals surface area contributed by atoms with Crippen LogP contribution in [-0.4, -0.2) is 53.7 Å². The first kappa shape index (κ1) is 21.5. The molecule has 1 fully saturated rings. The van der Waals surface area contributed by atoms with Crippen LogP contribution < -0.4 is 19.7 Å². The van der Waals surface area contributed by atoms with Gasteiger partial charge in [0.05, 0.1) is 5.52 Å². The monoisotopic (exact) mass is 487 g/mol. The summed E-state index contributed by atoms with van der Waals surface area (Å²) in [5.74, 6) is 1.85. The Kier molecular flexibility index (Phi) is 5.50. The van der Waals surface area contributed by atoms with E-state index in [0.717, 1.165) is 24.2 Å². The van der Waals surface area contributed by atoms with Gasteiger partial charge >= 0.3 is 0 Å². The molecular formula is C26H22ClN5O3. The van der Waals surface area contributed by atoms with Gasteiger partial charge in [-0.25, -0.2) is 4.98 Å². The number of fused-ring (bicyclic) bond motifs is 2. The first-order valence-electron chi connectivity index (χ1n) is 11.4. The predicted octanol–water partition coefficient (Wildman–Crippen LogP) is 4.72. The fourth-order valence-electron chi connectivity index (χ4n) is 4.41. The Labute approximate surface area is 207 Å². The number of hydrogen-bond acceptors (Lipinski definition) is 7. The van der Waals surface area contributed by atoms with Gasteiger partial charge in [-0.1, -0.05) is 18.2 Å². The van der Waals surface area contributed by atoms with Crippen LogP contribution in [0.5, 0.6) is 11.5 Å². The Morgan fingerprint density at radius 2 is 1.60 bits per heavy atom. The number of nitrogens with zero attached hydrogens (tertiary/aromatic N) is 4. The Morgan fingerprint density at radius 3 is 2.34 bits per heavy atom. The van der Waals surface area contributed by atoms with Gasteiger partial charge in [-0.05, 0) is 54.1 Å². The standard InChI is InChI=1S/C26H22ClN5O3/c27-26-29-21-15-23-22(34-16-35-23)14-20(21)24(30-26)28-18-8-6-17(7-9-18)25(33)32-12-10-31(11-13-32)19-4-2-1-3-5-19/h1-9,14-15H,10-13,16H2,(H,28,29,30). The molecule has 176 valence electrons. The molecule has 2 aliphatic rings. The molecule has 1 amide bonds. The maximum atomic E-state index is 13.1. The summed E-state index contributed by atoms with van der Waals surface area (Å²) in [4.78, 5) is 25.9. The number of nitrogens with one attached hydrogen (secondary N) is 1. The van der Waals surface area contributed by atoms with Crippen LogP contribution in [-0.2, 0) is 0 Å². The van der Waals surface area contributed by atoms with E-state index in [1.54, 1.807) is 6.07 Å². The van der Waals surface area contributed by atoms with Gasteiger partial charge in [-0.2, -0.15) is 4.98 Å². The number of halogens is 1. The number of carbonyl (C=O) groups excluding carboxylic acids is 1. The van der Waals surface area contributed by atoms with Gasteiger partial charge in [0.25, 0.3) is 5.91 Å². The van der Waals surface area contributed by atoms with Gasteiger partial charge in [-0.15, -0.1) is 0 Å². The summed E-state index contributed by atoms with van der Waals surface area (Å²) in [5, 5.41) is 4.17. The molecule has 0 spiro atoms. The van der Waals surface area contributed by atoms with E-state index in [1.807, 2.05) is 53.4 Å². The number of piperazine rings is 1. The van der Waals surface area contributed by atoms with Gasteiger partial charge in [0.15, 0.2) is 11.5 Å². The molecule has 0 unspecified atom stereocenters. The average molecular weight is 488 g/mol. The minimum absolute atomic E-state index is 0.0347. The zero-order valence-corrected chi connectivity index (χ0v) is 19.5. The molecule has 8 nitrogen and oxygen atoms in total. The smallest absolute Gasteiger partial charge is 0.253 e. The Balaban J connectivity index is 1.16. The number of aromatic nitrogens is 2. The maximum Gasteiger partial charge on any atom is 0.253 e. The highest BCUT2D eigenvalue weighted by Crippen LogP contribution is 2.38. The summed E-state index contributed by atoms with van der Waals surface area (Å²) in [6, 6.07) is 21.3. The molecule has 1 N–H and O–H groups in total. The Bertz CT molecular complexity index is 1390. The molecule has 2 aliphatic heterocycles. The number of ether oxygens (including phenoxy) is 2. The molecule has 1 aromatic heterocycles. The summed E-state index contributed by atoms with van der Waals surface area (Å²) in [7, 11) is 0. The number of rotatable bonds is 4. The number of hydrogen-bond donors (Lipinski definition) is 1. The number of anilines is 3. The summed E-state index contributed by atoms with van der Waals surface area (Å²) in [5.41, 5.74) is 3.27. The fourth-order valence-corrected chi connectivity index (χ4v) is 4.58. The molecule has 1 saturated heterocycles. The lowest BCUT2D eigenvalue weighted by Crippen LogP contribution is -2.48. The van der Waals surface area contributed by atoms with E-state index in [4.69, 9.17) is 21.1 Å². The molecule has 35 heavy (non-hydrogen) atoms. The molecule has 9 heteroatoms. The van der Waals surface area contributed by atoms with Crippen LogP contribution in [0.2, 0.25) is 5.28 Å². The summed E-state index contributed by atoms with van der Waals surface area (Å²) in [6.07, 6.45) is 0. The lowest BCUT2D eigenvalue weighted by molar-refractivity contribution is 0.0747. The van der Waals surface area contributed by atoms with Crippen molar-refractivity contribution < 1.29 is 14.3 Å². The van der Waals surface area contributed by atoms with Gasteiger partial charge in [0.2, 0.25) is 12.1 Å². The van der Waals surface area contributed by atoms with E-state index in [2.05, 4.69) is 32.3 Å². The second kappa shape index (κ2) is 8.96. The molecule has 0 bridgehead atoms. The average Bonchev–Trinajstić information content (AvgIpc) is 3.36. The van der Waals surface area contributed by atoms with Gasteiger partial charge in [0.1, 0.15) is 5.82 Å². The van der Waals surface area contributed by atoms with Crippen molar-refractivity contribution in [3.05, 3.63) is 77.6 Å². The maximum absolute atomic E-state index is 13.1. The van der Waals surface area contributed by atoms with E-state index in [9.17, 15) is 4.79 Å². The summed E-state index contributed by atoms with van der Waals surface area (Å²) in [6.45, 7) is 3.18. The van der Waals surface area contributed by atoms with Crippen LogP contribution in [0.3, 0.4) is 0 Å². The fraction of sp³-hybridized carbons (Fsp3) is 0.192. The van der Waals surface area contributed by atoms with Crippen LogP contribution in [0.1, 0.15) is 10.4 Å². The predicted molar refractivity (Wildman–Crippen MR) is 135 cm³/mol. The molecule has 0 radical (unpaired) electrons. The van der Waals surface area contributed by atoms with E-state index in [-0.39, 0.29) is 18.0 Å². The first-order valence-corrected chi connectivity index (χ1v) is 11.7. The van der Waals surface area contributed by atoms with E-state index < -0.39 is 0 Å². The second-order valence-corrected chi connectivity index (χ2v) is 8.72. The third-order valence-electron chi connectivity index (χ3n) is 6.25. The zero-order valence-electron chi connectivity index (χ0n) is 18.8. The Hall–Kier alpha value is -4.04. The van der Waals surface area contributed by atoms with Crippen molar-refractivity contribution in [3.63, 3.8) is 0 Å². The van der Waals surface area contributed by atoms with Crippen LogP contribution in [0.4, 0.5) is 17.2 Å². The highest BCUT2D eigenvalue weighted by atomic mass is 35.5. The molecule has 0 atom stereocenters. The van der Waals surface area contributed by atoms with Crippen molar-refractivity contribution >= 4 is 45.6 Å². The van der Waals surface area contributed by atoms with Crippen LogP contribution in [0, 0.1) is 0 Å². The van der Waals surface area contributed by atoms with Crippen molar-refractivity contribution in [2.24, 2.45) is 0 Å². The second-order valence-electron chi connectivity index (χ2n) is 8.38. The minimum Gasteiger partial charge on any atom is -0.454 e. The summed E-state index contributed by atoms with van der Waals surface area (Å²) >= 11 is 6.16. The number of para-hydroxylation sites is 1. The molecule has 3 heterocycles. The van der Waals surface area contributed by atoms with Crippen LogP contribution in [0.15, 0.2) is 66.7 Å². The molecular weight excluding hydrogens is 466 g/mol. The highest BCUT2D eigenvalue weighted by molar-refractivity contribution is 6.28. The normalized spacial score (nSPS) is 14.9. The molecule has 3 aromatic carbocycles. The van der Waals surface area contributed by atoms with Crippen LogP contribution >= 0.6 is 11.6 Å². The van der Waals surface area contributed by atoms with Crippen molar-refractivity contribution in [2.75, 3.05) is 43.2 Å².